The number of thiophene rings is 2. The van der Waals surface area contributed by atoms with Crippen molar-refractivity contribution in [2.24, 2.45) is 0 Å². The molecule has 1 aliphatic carbocycles. The summed E-state index contributed by atoms with van der Waals surface area (Å²) in [5.41, 5.74) is 1.17. The predicted molar refractivity (Wildman–Crippen MR) is 87.4 cm³/mol. The molecule has 1 saturated carbocycles. The van der Waals surface area contributed by atoms with Gasteiger partial charge in [0.1, 0.15) is 0 Å². The Kier molecular flexibility index (Phi) is 4.75. The predicted octanol–water partition coefficient (Wildman–Crippen LogP) is 2.58. The van der Waals surface area contributed by atoms with Crippen LogP contribution in [0, 0.1) is 0 Å². The lowest BCUT2D eigenvalue weighted by Crippen LogP contribution is -2.25. The fourth-order valence-corrected chi connectivity index (χ4v) is 4.94. The Morgan fingerprint density at radius 1 is 1.29 bits per heavy atom. The second kappa shape index (κ2) is 6.58. The average Bonchev–Trinajstić information content (AvgIpc) is 2.93. The van der Waals surface area contributed by atoms with Crippen LogP contribution in [0.4, 0.5) is 0 Å². The van der Waals surface area contributed by atoms with E-state index in [4.69, 9.17) is 0 Å². The highest BCUT2D eigenvalue weighted by atomic mass is 32.2. The molecule has 0 amide bonds. The van der Waals surface area contributed by atoms with Crippen LogP contribution in [0.25, 0.3) is 0 Å². The maximum atomic E-state index is 12.2. The number of hydrogen-bond donors (Lipinski definition) is 2. The van der Waals surface area contributed by atoms with Gasteiger partial charge in [0.15, 0.2) is 0 Å². The summed E-state index contributed by atoms with van der Waals surface area (Å²) in [5, 5.41) is 9.16. The zero-order chi connectivity index (χ0) is 14.7. The zero-order valence-corrected chi connectivity index (χ0v) is 14.0. The van der Waals surface area contributed by atoms with Gasteiger partial charge in [-0.3, -0.25) is 0 Å². The van der Waals surface area contributed by atoms with Crippen molar-refractivity contribution in [3.63, 3.8) is 0 Å². The van der Waals surface area contributed by atoms with Crippen molar-refractivity contribution in [2.45, 2.75) is 36.7 Å². The van der Waals surface area contributed by atoms with Crippen LogP contribution < -0.4 is 10.0 Å². The first-order valence-corrected chi connectivity index (χ1v) is 10.3. The monoisotopic (exact) mass is 342 g/mol. The molecule has 114 valence electrons. The topological polar surface area (TPSA) is 58.2 Å². The minimum absolute atomic E-state index is 0.380. The van der Waals surface area contributed by atoms with Gasteiger partial charge < -0.3 is 5.32 Å². The maximum Gasteiger partial charge on any atom is 0.241 e. The van der Waals surface area contributed by atoms with E-state index in [2.05, 4.69) is 10.0 Å². The minimum Gasteiger partial charge on any atom is -0.309 e. The van der Waals surface area contributed by atoms with Crippen molar-refractivity contribution < 1.29 is 8.42 Å². The van der Waals surface area contributed by atoms with Gasteiger partial charge in [0.2, 0.25) is 10.0 Å². The molecule has 0 bridgehead atoms. The van der Waals surface area contributed by atoms with Crippen molar-refractivity contribution in [2.75, 3.05) is 6.54 Å². The van der Waals surface area contributed by atoms with Crippen molar-refractivity contribution >= 4 is 32.7 Å². The van der Waals surface area contributed by atoms with E-state index in [-0.39, 0.29) is 0 Å². The van der Waals surface area contributed by atoms with Gasteiger partial charge in [-0.15, -0.1) is 11.3 Å². The van der Waals surface area contributed by atoms with Crippen molar-refractivity contribution in [3.05, 3.63) is 38.7 Å². The lowest BCUT2D eigenvalue weighted by atomic mass is 10.2. The molecule has 0 unspecified atom stereocenters. The Hall–Kier alpha value is -0.730. The molecule has 21 heavy (non-hydrogen) atoms. The fraction of sp³-hybridized carbons (Fsp3) is 0.429. The molecule has 0 spiro atoms. The van der Waals surface area contributed by atoms with E-state index in [0.717, 1.165) is 17.8 Å². The highest BCUT2D eigenvalue weighted by molar-refractivity contribution is 7.89. The standard InChI is InChI=1S/C14H18N2O2S3/c17-21(18,16-5-3-11-4-6-19-9-11)14-7-13(20-10-14)8-15-12-1-2-12/h4,6-7,9-10,12,15-16H,1-3,5,8H2. The highest BCUT2D eigenvalue weighted by Gasteiger charge is 2.21. The van der Waals surface area contributed by atoms with Gasteiger partial charge in [-0.25, -0.2) is 13.1 Å². The lowest BCUT2D eigenvalue weighted by Gasteiger charge is -2.04. The molecule has 0 aliphatic heterocycles. The second-order valence-corrected chi connectivity index (χ2v) is 8.73. The van der Waals surface area contributed by atoms with Crippen LogP contribution in [0.5, 0.6) is 0 Å². The summed E-state index contributed by atoms with van der Waals surface area (Å²) in [6.07, 6.45) is 3.20. The van der Waals surface area contributed by atoms with E-state index in [9.17, 15) is 8.42 Å². The van der Waals surface area contributed by atoms with E-state index in [1.807, 2.05) is 16.8 Å². The highest BCUT2D eigenvalue weighted by Crippen LogP contribution is 2.22. The van der Waals surface area contributed by atoms with Crippen LogP contribution in [0.2, 0.25) is 0 Å². The van der Waals surface area contributed by atoms with Crippen molar-refractivity contribution in [3.8, 4) is 0 Å². The molecule has 2 heterocycles. The molecular formula is C14H18N2O2S3. The third-order valence-corrected chi connectivity index (χ3v) is 6.63. The van der Waals surface area contributed by atoms with Crippen LogP contribution in [0.3, 0.4) is 0 Å². The Morgan fingerprint density at radius 3 is 2.86 bits per heavy atom. The first-order valence-electron chi connectivity index (χ1n) is 6.95. The molecule has 1 aliphatic rings. The van der Waals surface area contributed by atoms with Crippen LogP contribution in [0.15, 0.2) is 33.2 Å². The van der Waals surface area contributed by atoms with Crippen molar-refractivity contribution in [1.29, 1.82) is 0 Å². The maximum absolute atomic E-state index is 12.2. The van der Waals surface area contributed by atoms with Crippen molar-refractivity contribution in [1.82, 2.24) is 10.0 Å². The zero-order valence-electron chi connectivity index (χ0n) is 11.5. The summed E-state index contributed by atoms with van der Waals surface area (Å²) in [7, 11) is -3.38. The third kappa shape index (κ3) is 4.37. The summed E-state index contributed by atoms with van der Waals surface area (Å²) in [6.45, 7) is 1.20. The van der Waals surface area contributed by atoms with E-state index >= 15 is 0 Å². The molecule has 3 rings (SSSR count). The summed E-state index contributed by atoms with van der Waals surface area (Å²) in [6, 6.07) is 4.42. The van der Waals surface area contributed by atoms with Crippen LogP contribution in [-0.4, -0.2) is 21.0 Å². The van der Waals surface area contributed by atoms with E-state index in [0.29, 0.717) is 17.5 Å². The molecule has 7 heteroatoms. The summed E-state index contributed by atoms with van der Waals surface area (Å²) in [5.74, 6) is 0. The number of hydrogen-bond acceptors (Lipinski definition) is 5. The third-order valence-electron chi connectivity index (χ3n) is 3.37. The molecule has 0 radical (unpaired) electrons. The molecule has 0 aromatic carbocycles. The molecule has 2 aromatic rings. The SMILES string of the molecule is O=S(=O)(NCCc1ccsc1)c1csc(CNC2CC2)c1. The molecule has 4 nitrogen and oxygen atoms in total. The van der Waals surface area contributed by atoms with E-state index in [1.165, 1.54) is 29.7 Å². The Balaban J connectivity index is 1.53. The second-order valence-electron chi connectivity index (χ2n) is 5.18. The lowest BCUT2D eigenvalue weighted by molar-refractivity contribution is 0.582. The summed E-state index contributed by atoms with van der Waals surface area (Å²) in [4.78, 5) is 1.45. The van der Waals surface area contributed by atoms with Gasteiger partial charge in [-0.05, 0) is 47.7 Å². The molecule has 0 atom stereocenters. The Morgan fingerprint density at radius 2 is 2.14 bits per heavy atom. The number of rotatable bonds is 8. The quantitative estimate of drug-likeness (QED) is 0.775. The average molecular weight is 343 g/mol. The smallest absolute Gasteiger partial charge is 0.241 e. The molecule has 0 saturated heterocycles. The molecule has 2 N–H and O–H groups in total. The normalized spacial score (nSPS) is 15.4. The fourth-order valence-electron chi connectivity index (χ4n) is 1.97. The van der Waals surface area contributed by atoms with E-state index in [1.54, 1.807) is 22.8 Å². The van der Waals surface area contributed by atoms with Gasteiger partial charge in [0, 0.05) is 29.4 Å². The number of nitrogens with one attached hydrogen (secondary N) is 2. The largest absolute Gasteiger partial charge is 0.309 e. The van der Waals surface area contributed by atoms with Crippen LogP contribution in [-0.2, 0) is 23.0 Å². The van der Waals surface area contributed by atoms with Crippen LogP contribution >= 0.6 is 22.7 Å². The molecule has 2 aromatic heterocycles. The van der Waals surface area contributed by atoms with Gasteiger partial charge in [0.05, 0.1) is 4.90 Å². The van der Waals surface area contributed by atoms with Gasteiger partial charge in [-0.2, -0.15) is 11.3 Å². The van der Waals surface area contributed by atoms with E-state index < -0.39 is 10.0 Å². The van der Waals surface area contributed by atoms with Crippen LogP contribution in [0.1, 0.15) is 23.3 Å². The number of sulfonamides is 1. The van der Waals surface area contributed by atoms with Gasteiger partial charge in [-0.1, -0.05) is 0 Å². The summed E-state index contributed by atoms with van der Waals surface area (Å²) < 4.78 is 27.1. The molecular weight excluding hydrogens is 324 g/mol. The van der Waals surface area contributed by atoms with Gasteiger partial charge in [0.25, 0.3) is 0 Å². The minimum atomic E-state index is -3.38. The first kappa shape index (κ1) is 15.2. The first-order chi connectivity index (χ1) is 10.1. The summed E-state index contributed by atoms with van der Waals surface area (Å²) >= 11 is 3.12. The Bertz CT molecular complexity index is 673. The van der Waals surface area contributed by atoms with Gasteiger partial charge >= 0.3 is 0 Å². The Labute approximate surface area is 133 Å². The molecule has 1 fully saturated rings.